The van der Waals surface area contributed by atoms with Crippen LogP contribution in [0.2, 0.25) is 0 Å². The van der Waals surface area contributed by atoms with E-state index < -0.39 is 0 Å². The van der Waals surface area contributed by atoms with E-state index in [0.29, 0.717) is 12.5 Å². The van der Waals surface area contributed by atoms with Crippen LogP contribution in [-0.2, 0) is 12.5 Å². The highest BCUT2D eigenvalue weighted by Crippen LogP contribution is 2.30. The number of benzene rings is 1. The van der Waals surface area contributed by atoms with Gasteiger partial charge in [-0.25, -0.2) is 4.98 Å². The fourth-order valence-corrected chi connectivity index (χ4v) is 6.10. The maximum absolute atomic E-state index is 5.85. The molecule has 96 valence electrons. The van der Waals surface area contributed by atoms with E-state index in [1.54, 1.807) is 11.3 Å². The minimum absolute atomic E-state index is 0.453. The molecule has 0 aliphatic heterocycles. The standard InChI is InChI=1S/C11H7ClI3NOS/c12-3-7-5-18-10(16-7)4-17-11-8(14)1-6(13)2-9(11)15/h1-2,5H,3-4H2. The highest BCUT2D eigenvalue weighted by Gasteiger charge is 2.09. The first-order valence-corrected chi connectivity index (χ1v) is 9.51. The summed E-state index contributed by atoms with van der Waals surface area (Å²) in [5.74, 6) is 1.38. The van der Waals surface area contributed by atoms with E-state index >= 15 is 0 Å². The average Bonchev–Trinajstić information content (AvgIpc) is 2.75. The van der Waals surface area contributed by atoms with Crippen molar-refractivity contribution in [3.8, 4) is 5.75 Å². The topological polar surface area (TPSA) is 22.1 Å². The van der Waals surface area contributed by atoms with Crippen LogP contribution in [0.4, 0.5) is 0 Å². The SMILES string of the molecule is ClCc1csc(COc2c(I)cc(I)cc2I)n1. The molecule has 0 bridgehead atoms. The largest absolute Gasteiger partial charge is 0.484 e. The van der Waals surface area contributed by atoms with E-state index in [4.69, 9.17) is 16.3 Å². The number of aromatic nitrogens is 1. The Bertz CT molecular complexity index is 538. The van der Waals surface area contributed by atoms with E-state index in [-0.39, 0.29) is 0 Å². The molecule has 2 nitrogen and oxygen atoms in total. The van der Waals surface area contributed by atoms with Crippen molar-refractivity contribution in [2.45, 2.75) is 12.5 Å². The van der Waals surface area contributed by atoms with Crippen molar-refractivity contribution >= 4 is 90.7 Å². The van der Waals surface area contributed by atoms with Gasteiger partial charge in [-0.3, -0.25) is 0 Å². The van der Waals surface area contributed by atoms with E-state index in [1.165, 1.54) is 3.57 Å². The summed E-state index contributed by atoms with van der Waals surface area (Å²) in [7, 11) is 0. The fraction of sp³-hybridized carbons (Fsp3) is 0.182. The molecule has 2 rings (SSSR count). The normalized spacial score (nSPS) is 10.7. The third kappa shape index (κ3) is 4.06. The van der Waals surface area contributed by atoms with Gasteiger partial charge >= 0.3 is 0 Å². The van der Waals surface area contributed by atoms with Crippen LogP contribution >= 0.6 is 90.7 Å². The van der Waals surface area contributed by atoms with Crippen molar-refractivity contribution in [2.24, 2.45) is 0 Å². The second-order valence-electron chi connectivity index (χ2n) is 3.35. The maximum Gasteiger partial charge on any atom is 0.146 e. The third-order valence-corrected chi connectivity index (χ3v) is 5.41. The Morgan fingerprint density at radius 2 is 1.89 bits per heavy atom. The van der Waals surface area contributed by atoms with Crippen LogP contribution in [0, 0.1) is 10.7 Å². The van der Waals surface area contributed by atoms with Gasteiger partial charge in [0.1, 0.15) is 17.4 Å². The van der Waals surface area contributed by atoms with Gasteiger partial charge in [0, 0.05) is 8.95 Å². The number of hydrogen-bond acceptors (Lipinski definition) is 3. The molecule has 0 atom stereocenters. The minimum atomic E-state index is 0.453. The summed E-state index contributed by atoms with van der Waals surface area (Å²) in [6.07, 6.45) is 0. The van der Waals surface area contributed by atoms with E-state index in [0.717, 1.165) is 23.6 Å². The number of hydrogen-bond donors (Lipinski definition) is 0. The molecule has 0 fully saturated rings. The summed E-state index contributed by atoms with van der Waals surface area (Å²) in [4.78, 5) is 4.38. The number of nitrogens with zero attached hydrogens (tertiary/aromatic N) is 1. The Kier molecular flexibility index (Phi) is 6.23. The van der Waals surface area contributed by atoms with Crippen molar-refractivity contribution < 1.29 is 4.74 Å². The number of thiazole rings is 1. The average molecular weight is 617 g/mol. The Morgan fingerprint density at radius 1 is 1.22 bits per heavy atom. The predicted molar refractivity (Wildman–Crippen MR) is 101 cm³/mol. The maximum atomic E-state index is 5.85. The number of rotatable bonds is 4. The molecule has 2 aromatic rings. The lowest BCUT2D eigenvalue weighted by atomic mass is 10.3. The first-order chi connectivity index (χ1) is 8.60. The van der Waals surface area contributed by atoms with Crippen LogP contribution in [0.3, 0.4) is 0 Å². The molecule has 1 aromatic carbocycles. The molecule has 0 saturated carbocycles. The van der Waals surface area contributed by atoms with Crippen LogP contribution in [0.15, 0.2) is 17.5 Å². The second-order valence-corrected chi connectivity index (χ2v) is 8.13. The van der Waals surface area contributed by atoms with Crippen molar-refractivity contribution in [1.82, 2.24) is 4.98 Å². The van der Waals surface area contributed by atoms with Gasteiger partial charge in [0.05, 0.1) is 18.7 Å². The highest BCUT2D eigenvalue weighted by atomic mass is 127. The Hall–Kier alpha value is 1.13. The summed E-state index contributed by atoms with van der Waals surface area (Å²) < 4.78 is 9.31. The number of ether oxygens (including phenoxy) is 1. The molecule has 0 saturated heterocycles. The molecule has 0 spiro atoms. The molecule has 0 N–H and O–H groups in total. The van der Waals surface area contributed by atoms with Gasteiger partial charge in [-0.05, 0) is 79.9 Å². The Labute approximate surface area is 155 Å². The molecule has 0 radical (unpaired) electrons. The molecule has 1 aromatic heterocycles. The molecule has 0 aliphatic rings. The first-order valence-electron chi connectivity index (χ1n) is 4.86. The molecule has 1 heterocycles. The minimum Gasteiger partial charge on any atom is -0.484 e. The zero-order chi connectivity index (χ0) is 13.1. The Morgan fingerprint density at radius 3 is 2.44 bits per heavy atom. The quantitative estimate of drug-likeness (QED) is 0.345. The highest BCUT2D eigenvalue weighted by molar-refractivity contribution is 14.1. The lowest BCUT2D eigenvalue weighted by molar-refractivity contribution is 0.301. The molecular formula is C11H7ClI3NOS. The zero-order valence-electron chi connectivity index (χ0n) is 8.92. The molecule has 18 heavy (non-hydrogen) atoms. The second kappa shape index (κ2) is 7.23. The van der Waals surface area contributed by atoms with Gasteiger partial charge in [-0.2, -0.15) is 0 Å². The van der Waals surface area contributed by atoms with Crippen LogP contribution in [0.1, 0.15) is 10.7 Å². The van der Waals surface area contributed by atoms with Crippen LogP contribution < -0.4 is 4.74 Å². The number of alkyl halides is 1. The van der Waals surface area contributed by atoms with Gasteiger partial charge in [0.2, 0.25) is 0 Å². The summed E-state index contributed by atoms with van der Waals surface area (Å²) in [6.45, 7) is 0.494. The summed E-state index contributed by atoms with van der Waals surface area (Å²) in [6, 6.07) is 4.20. The molecular weight excluding hydrogens is 610 g/mol. The summed E-state index contributed by atoms with van der Waals surface area (Å²) in [5, 5.41) is 2.92. The number of halogens is 4. The summed E-state index contributed by atoms with van der Waals surface area (Å²) in [5.41, 5.74) is 0.910. The molecule has 0 aliphatic carbocycles. The van der Waals surface area contributed by atoms with Crippen LogP contribution in [0.5, 0.6) is 5.75 Å². The van der Waals surface area contributed by atoms with Crippen molar-refractivity contribution in [3.05, 3.63) is 38.9 Å². The first kappa shape index (κ1) is 15.5. The lowest BCUT2D eigenvalue weighted by Gasteiger charge is -2.09. The fourth-order valence-electron chi connectivity index (χ4n) is 1.28. The summed E-state index contributed by atoms with van der Waals surface area (Å²) >= 11 is 14.2. The van der Waals surface area contributed by atoms with E-state index in [2.05, 4.69) is 84.9 Å². The lowest BCUT2D eigenvalue weighted by Crippen LogP contribution is -1.99. The van der Waals surface area contributed by atoms with Gasteiger partial charge in [0.25, 0.3) is 0 Å². The smallest absolute Gasteiger partial charge is 0.146 e. The zero-order valence-corrected chi connectivity index (χ0v) is 17.0. The van der Waals surface area contributed by atoms with E-state index in [9.17, 15) is 0 Å². The van der Waals surface area contributed by atoms with Crippen molar-refractivity contribution in [2.75, 3.05) is 0 Å². The Balaban J connectivity index is 2.10. The van der Waals surface area contributed by atoms with Crippen LogP contribution in [0.25, 0.3) is 0 Å². The van der Waals surface area contributed by atoms with Crippen molar-refractivity contribution in [1.29, 1.82) is 0 Å². The predicted octanol–water partition coefficient (Wildman–Crippen LogP) is 5.27. The monoisotopic (exact) mass is 617 g/mol. The van der Waals surface area contributed by atoms with Crippen LogP contribution in [-0.4, -0.2) is 4.98 Å². The molecule has 0 amide bonds. The van der Waals surface area contributed by atoms with Crippen molar-refractivity contribution in [3.63, 3.8) is 0 Å². The van der Waals surface area contributed by atoms with Gasteiger partial charge in [0.15, 0.2) is 0 Å². The van der Waals surface area contributed by atoms with Gasteiger partial charge < -0.3 is 4.74 Å². The van der Waals surface area contributed by atoms with E-state index in [1.807, 2.05) is 5.38 Å². The molecule has 0 unspecified atom stereocenters. The van der Waals surface area contributed by atoms with Gasteiger partial charge in [-0.1, -0.05) is 0 Å². The third-order valence-electron chi connectivity index (χ3n) is 2.04. The van der Waals surface area contributed by atoms with Gasteiger partial charge in [-0.15, -0.1) is 22.9 Å². The molecule has 7 heteroatoms.